The second-order valence-electron chi connectivity index (χ2n) is 3.20. The van der Waals surface area contributed by atoms with Crippen LogP contribution >= 0.6 is 0 Å². The van der Waals surface area contributed by atoms with Gasteiger partial charge in [0.05, 0.1) is 13.7 Å². The Labute approximate surface area is 94.8 Å². The first-order valence-electron chi connectivity index (χ1n) is 5.25. The standard InChI is InChI=1S/C11H16N2O3/c1-3-7-16-8-4-9(14)10-11(15-2)13-6-5-12-10/h5-6H,3-4,7-8H2,1-2H3. The Hall–Kier alpha value is -1.49. The maximum Gasteiger partial charge on any atom is 0.243 e. The SMILES string of the molecule is CCCOCCC(=O)c1nccnc1OC. The Morgan fingerprint density at radius 1 is 1.31 bits per heavy atom. The molecule has 0 aliphatic rings. The van der Waals surface area contributed by atoms with E-state index < -0.39 is 0 Å². The number of carbonyl (C=O) groups is 1. The number of aromatic nitrogens is 2. The minimum absolute atomic E-state index is 0.110. The fraction of sp³-hybridized carbons (Fsp3) is 0.545. The Morgan fingerprint density at radius 3 is 2.75 bits per heavy atom. The predicted octanol–water partition coefficient (Wildman–Crippen LogP) is 1.48. The highest BCUT2D eigenvalue weighted by atomic mass is 16.5. The zero-order valence-corrected chi connectivity index (χ0v) is 9.60. The van der Waals surface area contributed by atoms with Gasteiger partial charge >= 0.3 is 0 Å². The van der Waals surface area contributed by atoms with E-state index in [1.807, 2.05) is 6.92 Å². The van der Waals surface area contributed by atoms with Crippen LogP contribution < -0.4 is 4.74 Å². The van der Waals surface area contributed by atoms with Crippen LogP contribution in [0.25, 0.3) is 0 Å². The molecular weight excluding hydrogens is 208 g/mol. The number of methoxy groups -OCH3 is 1. The Morgan fingerprint density at radius 2 is 2.06 bits per heavy atom. The summed E-state index contributed by atoms with van der Waals surface area (Å²) in [6.07, 6.45) is 4.21. The topological polar surface area (TPSA) is 61.3 Å². The maximum atomic E-state index is 11.7. The van der Waals surface area contributed by atoms with Crippen molar-refractivity contribution in [1.82, 2.24) is 9.97 Å². The minimum Gasteiger partial charge on any atom is -0.479 e. The molecule has 0 aliphatic heterocycles. The molecule has 0 unspecified atom stereocenters. The van der Waals surface area contributed by atoms with Crippen molar-refractivity contribution < 1.29 is 14.3 Å². The molecule has 0 bridgehead atoms. The first kappa shape index (κ1) is 12.6. The van der Waals surface area contributed by atoms with Crippen molar-refractivity contribution in [2.75, 3.05) is 20.3 Å². The molecule has 1 aromatic rings. The smallest absolute Gasteiger partial charge is 0.243 e. The largest absolute Gasteiger partial charge is 0.479 e. The molecule has 0 spiro atoms. The summed E-state index contributed by atoms with van der Waals surface area (Å²) in [6, 6.07) is 0. The van der Waals surface area contributed by atoms with Crippen LogP contribution in [0, 0.1) is 0 Å². The molecule has 0 atom stereocenters. The first-order chi connectivity index (χ1) is 7.79. The Kier molecular flexibility index (Phi) is 5.42. The number of hydrogen-bond donors (Lipinski definition) is 0. The van der Waals surface area contributed by atoms with E-state index in [9.17, 15) is 4.79 Å². The lowest BCUT2D eigenvalue weighted by Gasteiger charge is -2.05. The quantitative estimate of drug-likeness (QED) is 0.518. The maximum absolute atomic E-state index is 11.7. The fourth-order valence-corrected chi connectivity index (χ4v) is 1.20. The third-order valence-corrected chi connectivity index (χ3v) is 1.94. The molecule has 0 N–H and O–H groups in total. The van der Waals surface area contributed by atoms with Gasteiger partial charge in [-0.3, -0.25) is 4.79 Å². The van der Waals surface area contributed by atoms with Gasteiger partial charge in [-0.2, -0.15) is 0 Å². The van der Waals surface area contributed by atoms with Gasteiger partial charge in [0.2, 0.25) is 5.88 Å². The van der Waals surface area contributed by atoms with Crippen LogP contribution in [0.1, 0.15) is 30.3 Å². The van der Waals surface area contributed by atoms with Gasteiger partial charge in [-0.25, -0.2) is 9.97 Å². The van der Waals surface area contributed by atoms with Gasteiger partial charge < -0.3 is 9.47 Å². The number of nitrogens with zero attached hydrogens (tertiary/aromatic N) is 2. The normalized spacial score (nSPS) is 10.1. The molecule has 5 heteroatoms. The lowest BCUT2D eigenvalue weighted by Crippen LogP contribution is -2.09. The van der Waals surface area contributed by atoms with Crippen molar-refractivity contribution in [2.45, 2.75) is 19.8 Å². The number of ketones is 1. The summed E-state index contributed by atoms with van der Waals surface area (Å²) in [5.74, 6) is 0.157. The van der Waals surface area contributed by atoms with E-state index in [1.165, 1.54) is 19.5 Å². The molecule has 0 amide bonds. The molecule has 16 heavy (non-hydrogen) atoms. The summed E-state index contributed by atoms with van der Waals surface area (Å²) in [4.78, 5) is 19.6. The second-order valence-corrected chi connectivity index (χ2v) is 3.20. The number of hydrogen-bond acceptors (Lipinski definition) is 5. The molecule has 1 rings (SSSR count). The Balaban J connectivity index is 2.52. The van der Waals surface area contributed by atoms with Crippen molar-refractivity contribution >= 4 is 5.78 Å². The summed E-state index contributed by atoms with van der Waals surface area (Å²) in [5.41, 5.74) is 0.269. The molecular formula is C11H16N2O3. The monoisotopic (exact) mass is 224 g/mol. The third-order valence-electron chi connectivity index (χ3n) is 1.94. The third kappa shape index (κ3) is 3.58. The number of rotatable bonds is 7. The number of ether oxygens (including phenoxy) is 2. The van der Waals surface area contributed by atoms with Crippen LogP contribution in [0.4, 0.5) is 0 Å². The molecule has 1 heterocycles. The predicted molar refractivity (Wildman–Crippen MR) is 58.6 cm³/mol. The van der Waals surface area contributed by atoms with E-state index in [2.05, 4.69) is 9.97 Å². The fourth-order valence-electron chi connectivity index (χ4n) is 1.20. The average Bonchev–Trinajstić information content (AvgIpc) is 2.34. The zero-order chi connectivity index (χ0) is 11.8. The van der Waals surface area contributed by atoms with Crippen LogP contribution in [0.15, 0.2) is 12.4 Å². The lowest BCUT2D eigenvalue weighted by atomic mass is 10.2. The van der Waals surface area contributed by atoms with Gasteiger partial charge in [0.15, 0.2) is 11.5 Å². The van der Waals surface area contributed by atoms with Crippen LogP contribution in [0.5, 0.6) is 5.88 Å². The molecule has 0 saturated heterocycles. The first-order valence-corrected chi connectivity index (χ1v) is 5.25. The molecule has 0 aliphatic carbocycles. The van der Waals surface area contributed by atoms with Crippen LogP contribution in [-0.4, -0.2) is 36.1 Å². The van der Waals surface area contributed by atoms with Crippen molar-refractivity contribution in [3.63, 3.8) is 0 Å². The van der Waals surface area contributed by atoms with E-state index >= 15 is 0 Å². The van der Waals surface area contributed by atoms with Crippen LogP contribution in [0.2, 0.25) is 0 Å². The molecule has 0 aromatic carbocycles. The highest BCUT2D eigenvalue weighted by Gasteiger charge is 2.14. The van der Waals surface area contributed by atoms with Gasteiger partial charge in [0.25, 0.3) is 0 Å². The zero-order valence-electron chi connectivity index (χ0n) is 9.60. The molecule has 88 valence electrons. The highest BCUT2D eigenvalue weighted by Crippen LogP contribution is 2.12. The number of carbonyl (C=O) groups excluding carboxylic acids is 1. The van der Waals surface area contributed by atoms with Crippen molar-refractivity contribution in [1.29, 1.82) is 0 Å². The summed E-state index contributed by atoms with van der Waals surface area (Å²) in [5, 5.41) is 0. The number of Topliss-reactive ketones (excluding diaryl/α,β-unsaturated/α-hetero) is 1. The summed E-state index contributed by atoms with van der Waals surface area (Å²) >= 11 is 0. The summed E-state index contributed by atoms with van der Waals surface area (Å²) in [7, 11) is 1.47. The second kappa shape index (κ2) is 6.90. The van der Waals surface area contributed by atoms with Gasteiger partial charge in [0, 0.05) is 25.4 Å². The van der Waals surface area contributed by atoms with E-state index in [0.717, 1.165) is 6.42 Å². The average molecular weight is 224 g/mol. The van der Waals surface area contributed by atoms with E-state index in [4.69, 9.17) is 9.47 Å². The van der Waals surface area contributed by atoms with Crippen molar-refractivity contribution in [2.24, 2.45) is 0 Å². The molecule has 0 radical (unpaired) electrons. The van der Waals surface area contributed by atoms with Gasteiger partial charge in [-0.05, 0) is 6.42 Å². The van der Waals surface area contributed by atoms with Crippen molar-refractivity contribution in [3.8, 4) is 5.88 Å². The highest BCUT2D eigenvalue weighted by molar-refractivity contribution is 5.96. The van der Waals surface area contributed by atoms with Gasteiger partial charge in [-0.15, -0.1) is 0 Å². The van der Waals surface area contributed by atoms with E-state index in [0.29, 0.717) is 19.6 Å². The summed E-state index contributed by atoms with van der Waals surface area (Å²) in [6.45, 7) is 3.10. The minimum atomic E-state index is -0.110. The van der Waals surface area contributed by atoms with Gasteiger partial charge in [-0.1, -0.05) is 6.92 Å². The van der Waals surface area contributed by atoms with E-state index in [1.54, 1.807) is 0 Å². The summed E-state index contributed by atoms with van der Waals surface area (Å²) < 4.78 is 10.2. The lowest BCUT2D eigenvalue weighted by molar-refractivity contribution is 0.0870. The van der Waals surface area contributed by atoms with Crippen LogP contribution in [-0.2, 0) is 4.74 Å². The van der Waals surface area contributed by atoms with Gasteiger partial charge in [0.1, 0.15) is 0 Å². The van der Waals surface area contributed by atoms with Crippen LogP contribution in [0.3, 0.4) is 0 Å². The van der Waals surface area contributed by atoms with E-state index in [-0.39, 0.29) is 17.4 Å². The molecule has 1 aromatic heterocycles. The van der Waals surface area contributed by atoms with Crippen molar-refractivity contribution in [3.05, 3.63) is 18.1 Å². The molecule has 0 saturated carbocycles. The Bertz CT molecular complexity index is 342. The molecule has 5 nitrogen and oxygen atoms in total. The molecule has 0 fully saturated rings.